The van der Waals surface area contributed by atoms with E-state index in [1.165, 1.54) is 16.8 Å². The van der Waals surface area contributed by atoms with E-state index in [1.807, 2.05) is 0 Å². The Kier molecular flexibility index (Phi) is 2.87. The number of ketones is 1. The number of benzene rings is 1. The van der Waals surface area contributed by atoms with Crippen LogP contribution in [0.3, 0.4) is 0 Å². The minimum atomic E-state index is -0.457. The van der Waals surface area contributed by atoms with Gasteiger partial charge in [0.05, 0.1) is 4.47 Å². The van der Waals surface area contributed by atoms with Crippen molar-refractivity contribution in [1.29, 1.82) is 0 Å². The van der Waals surface area contributed by atoms with Crippen LogP contribution in [0.15, 0.2) is 34.9 Å². The Balaban J connectivity index is 2.38. The van der Waals surface area contributed by atoms with E-state index < -0.39 is 5.82 Å². The maximum atomic E-state index is 13.2. The highest BCUT2D eigenvalue weighted by Gasteiger charge is 2.13. The van der Waals surface area contributed by atoms with Gasteiger partial charge in [-0.2, -0.15) is 5.10 Å². The van der Waals surface area contributed by atoms with E-state index in [1.54, 1.807) is 25.4 Å². The van der Waals surface area contributed by atoms with E-state index in [0.29, 0.717) is 15.7 Å². The lowest BCUT2D eigenvalue weighted by Gasteiger charge is -1.99. The molecule has 1 heterocycles. The van der Waals surface area contributed by atoms with Crippen LogP contribution >= 0.6 is 15.9 Å². The van der Waals surface area contributed by atoms with Gasteiger partial charge in [-0.3, -0.25) is 9.48 Å². The molecule has 0 bridgehead atoms. The van der Waals surface area contributed by atoms with Crippen LogP contribution in [0.2, 0.25) is 0 Å². The zero-order valence-corrected chi connectivity index (χ0v) is 10.0. The van der Waals surface area contributed by atoms with Crippen molar-refractivity contribution in [2.24, 2.45) is 7.05 Å². The predicted octanol–water partition coefficient (Wildman–Crippen LogP) is 2.55. The van der Waals surface area contributed by atoms with Crippen LogP contribution < -0.4 is 0 Å². The molecule has 0 radical (unpaired) electrons. The lowest BCUT2D eigenvalue weighted by atomic mass is 10.1. The summed E-state index contributed by atoms with van der Waals surface area (Å²) in [7, 11) is 1.72. The molecule has 1 aromatic carbocycles. The smallest absolute Gasteiger partial charge is 0.213 e. The lowest BCUT2D eigenvalue weighted by molar-refractivity contribution is 0.103. The minimum absolute atomic E-state index is 0.285. The molecule has 2 aromatic rings. The maximum absolute atomic E-state index is 13.2. The van der Waals surface area contributed by atoms with Gasteiger partial charge in [-0.05, 0) is 40.2 Å². The molecule has 0 amide bonds. The van der Waals surface area contributed by atoms with Crippen LogP contribution in [0, 0.1) is 5.82 Å². The number of aryl methyl sites for hydroxylation is 1. The molecule has 0 saturated carbocycles. The first kappa shape index (κ1) is 11.0. The molecule has 3 nitrogen and oxygen atoms in total. The van der Waals surface area contributed by atoms with Crippen LogP contribution in [0.5, 0.6) is 0 Å². The molecule has 0 aliphatic carbocycles. The van der Waals surface area contributed by atoms with E-state index in [4.69, 9.17) is 0 Å². The monoisotopic (exact) mass is 282 g/mol. The summed E-state index contributed by atoms with van der Waals surface area (Å²) in [5, 5.41) is 3.97. The Morgan fingerprint density at radius 1 is 1.44 bits per heavy atom. The van der Waals surface area contributed by atoms with Gasteiger partial charge in [-0.25, -0.2) is 4.39 Å². The van der Waals surface area contributed by atoms with Crippen molar-refractivity contribution in [2.45, 2.75) is 0 Å². The second-order valence-corrected chi connectivity index (χ2v) is 4.19. The van der Waals surface area contributed by atoms with Crippen molar-refractivity contribution >= 4 is 21.7 Å². The van der Waals surface area contributed by atoms with Gasteiger partial charge < -0.3 is 0 Å². The van der Waals surface area contributed by atoms with Crippen molar-refractivity contribution in [1.82, 2.24) is 9.78 Å². The Hall–Kier alpha value is -1.49. The number of carbonyl (C=O) groups excluding carboxylic acids is 1. The summed E-state index contributed by atoms with van der Waals surface area (Å²) in [6, 6.07) is 5.86. The quantitative estimate of drug-likeness (QED) is 0.794. The Morgan fingerprint density at radius 3 is 2.75 bits per heavy atom. The van der Waals surface area contributed by atoms with E-state index in [0.717, 1.165) is 0 Å². The minimum Gasteiger partial charge on any atom is -0.287 e. The molecule has 0 atom stereocenters. The fourth-order valence-corrected chi connectivity index (χ4v) is 1.57. The molecule has 0 aliphatic heterocycles. The number of hydrogen-bond acceptors (Lipinski definition) is 2. The second-order valence-electron chi connectivity index (χ2n) is 3.33. The molecule has 0 saturated heterocycles. The third-order valence-corrected chi connectivity index (χ3v) is 2.77. The highest BCUT2D eigenvalue weighted by Crippen LogP contribution is 2.18. The molecule has 82 valence electrons. The zero-order chi connectivity index (χ0) is 11.7. The van der Waals surface area contributed by atoms with Gasteiger partial charge in [0.25, 0.3) is 0 Å². The SMILES string of the molecule is Cn1ccc(C(=O)c2ccc(Br)c(F)c2)n1. The van der Waals surface area contributed by atoms with Crippen molar-refractivity contribution < 1.29 is 9.18 Å². The summed E-state index contributed by atoms with van der Waals surface area (Å²) in [6.07, 6.45) is 1.67. The van der Waals surface area contributed by atoms with Gasteiger partial charge in [-0.15, -0.1) is 0 Å². The second kappa shape index (κ2) is 4.17. The average Bonchev–Trinajstić information content (AvgIpc) is 2.68. The van der Waals surface area contributed by atoms with Crippen LogP contribution in [-0.4, -0.2) is 15.6 Å². The van der Waals surface area contributed by atoms with E-state index in [9.17, 15) is 9.18 Å². The number of hydrogen-bond donors (Lipinski definition) is 0. The van der Waals surface area contributed by atoms with Crippen LogP contribution in [0.25, 0.3) is 0 Å². The topological polar surface area (TPSA) is 34.9 Å². The van der Waals surface area contributed by atoms with Crippen molar-refractivity contribution in [3.63, 3.8) is 0 Å². The van der Waals surface area contributed by atoms with Gasteiger partial charge in [0.2, 0.25) is 5.78 Å². The zero-order valence-electron chi connectivity index (χ0n) is 8.45. The summed E-state index contributed by atoms with van der Waals surface area (Å²) in [5.41, 5.74) is 0.601. The fraction of sp³-hybridized carbons (Fsp3) is 0.0909. The highest BCUT2D eigenvalue weighted by atomic mass is 79.9. The van der Waals surface area contributed by atoms with E-state index in [2.05, 4.69) is 21.0 Å². The van der Waals surface area contributed by atoms with Gasteiger partial charge in [0.1, 0.15) is 11.5 Å². The predicted molar refractivity (Wildman–Crippen MR) is 60.7 cm³/mol. The van der Waals surface area contributed by atoms with Crippen LogP contribution in [0.4, 0.5) is 4.39 Å². The summed E-state index contributed by atoms with van der Waals surface area (Å²) in [6.45, 7) is 0. The molecular weight excluding hydrogens is 275 g/mol. The van der Waals surface area contributed by atoms with Crippen molar-refractivity contribution in [2.75, 3.05) is 0 Å². The molecule has 1 aromatic heterocycles. The van der Waals surface area contributed by atoms with Gasteiger partial charge in [0, 0.05) is 18.8 Å². The van der Waals surface area contributed by atoms with Gasteiger partial charge in [-0.1, -0.05) is 0 Å². The summed E-state index contributed by atoms with van der Waals surface area (Å²) in [5.74, 6) is -0.742. The van der Waals surface area contributed by atoms with Crippen LogP contribution in [0.1, 0.15) is 16.1 Å². The highest BCUT2D eigenvalue weighted by molar-refractivity contribution is 9.10. The number of aromatic nitrogens is 2. The molecule has 5 heteroatoms. The fourth-order valence-electron chi connectivity index (χ4n) is 1.32. The number of carbonyl (C=O) groups is 1. The van der Waals surface area contributed by atoms with Crippen LogP contribution in [-0.2, 0) is 7.05 Å². The van der Waals surface area contributed by atoms with Gasteiger partial charge >= 0.3 is 0 Å². The van der Waals surface area contributed by atoms with E-state index in [-0.39, 0.29) is 5.78 Å². The standard InChI is InChI=1S/C11H8BrFN2O/c1-15-5-4-10(14-15)11(16)7-2-3-8(12)9(13)6-7/h2-6H,1H3. The molecule has 2 rings (SSSR count). The molecule has 0 fully saturated rings. The molecule has 0 spiro atoms. The average molecular weight is 283 g/mol. The molecule has 16 heavy (non-hydrogen) atoms. The normalized spacial score (nSPS) is 10.4. The Labute approximate surface area is 100 Å². The maximum Gasteiger partial charge on any atom is 0.213 e. The summed E-state index contributed by atoms with van der Waals surface area (Å²) < 4.78 is 15.1. The third kappa shape index (κ3) is 2.04. The first-order valence-corrected chi connectivity index (χ1v) is 5.36. The molecule has 0 aliphatic rings. The van der Waals surface area contributed by atoms with Gasteiger partial charge in [0.15, 0.2) is 0 Å². The summed E-state index contributed by atoms with van der Waals surface area (Å²) >= 11 is 3.03. The summed E-state index contributed by atoms with van der Waals surface area (Å²) in [4.78, 5) is 11.9. The number of halogens is 2. The number of nitrogens with zero attached hydrogens (tertiary/aromatic N) is 2. The van der Waals surface area contributed by atoms with E-state index >= 15 is 0 Å². The first-order chi connectivity index (χ1) is 7.58. The molecule has 0 unspecified atom stereocenters. The Bertz CT molecular complexity index is 551. The van der Waals surface area contributed by atoms with Crippen molar-refractivity contribution in [3.8, 4) is 0 Å². The lowest BCUT2D eigenvalue weighted by Crippen LogP contribution is -2.03. The Morgan fingerprint density at radius 2 is 2.19 bits per heavy atom. The third-order valence-electron chi connectivity index (χ3n) is 2.13. The van der Waals surface area contributed by atoms with Crippen molar-refractivity contribution in [3.05, 3.63) is 52.0 Å². The number of rotatable bonds is 2. The first-order valence-electron chi connectivity index (χ1n) is 4.57. The molecule has 0 N–H and O–H groups in total. The largest absolute Gasteiger partial charge is 0.287 e. The molecular formula is C11H8BrFN2O.